The van der Waals surface area contributed by atoms with Crippen LogP contribution in [0, 0.1) is 5.92 Å². The van der Waals surface area contributed by atoms with Gasteiger partial charge in [0.05, 0.1) is 22.9 Å². The molecule has 0 amide bonds. The van der Waals surface area contributed by atoms with Crippen molar-refractivity contribution in [1.29, 1.82) is 0 Å². The second kappa shape index (κ2) is 6.86. The van der Waals surface area contributed by atoms with E-state index >= 15 is 0 Å². The van der Waals surface area contributed by atoms with Crippen LogP contribution in [0.5, 0.6) is 0 Å². The number of nitrogens with one attached hydrogen (secondary N) is 1. The summed E-state index contributed by atoms with van der Waals surface area (Å²) in [4.78, 5) is 2.21. The summed E-state index contributed by atoms with van der Waals surface area (Å²) in [5.74, 6) is 1.35. The molecule has 4 nitrogen and oxygen atoms in total. The zero-order valence-corrected chi connectivity index (χ0v) is 13.8. The SMILES string of the molecule is CCC1CNCCC1c1c(Br)cnn1CCN(C)C. The van der Waals surface area contributed by atoms with E-state index in [1.54, 1.807) is 0 Å². The molecule has 108 valence electrons. The lowest BCUT2D eigenvalue weighted by atomic mass is 9.82. The van der Waals surface area contributed by atoms with Crippen molar-refractivity contribution >= 4 is 15.9 Å². The quantitative estimate of drug-likeness (QED) is 0.900. The monoisotopic (exact) mass is 328 g/mol. The Balaban J connectivity index is 2.19. The molecule has 0 spiro atoms. The molecule has 19 heavy (non-hydrogen) atoms. The molecule has 1 fully saturated rings. The topological polar surface area (TPSA) is 33.1 Å². The second-order valence-corrected chi connectivity index (χ2v) is 6.53. The number of likely N-dealkylation sites (N-methyl/N-ethyl adjacent to an activating group) is 1. The minimum absolute atomic E-state index is 0.630. The first-order valence-corrected chi connectivity index (χ1v) is 7.99. The smallest absolute Gasteiger partial charge is 0.0635 e. The van der Waals surface area contributed by atoms with Crippen molar-refractivity contribution in [2.45, 2.75) is 32.2 Å². The van der Waals surface area contributed by atoms with Crippen LogP contribution in [0.4, 0.5) is 0 Å². The van der Waals surface area contributed by atoms with Crippen LogP contribution in [0.25, 0.3) is 0 Å². The van der Waals surface area contributed by atoms with Gasteiger partial charge in [0.2, 0.25) is 0 Å². The van der Waals surface area contributed by atoms with E-state index < -0.39 is 0 Å². The molecule has 1 aliphatic heterocycles. The molecule has 1 N–H and O–H groups in total. The summed E-state index contributed by atoms with van der Waals surface area (Å²) >= 11 is 3.70. The fourth-order valence-corrected chi connectivity index (χ4v) is 3.52. The van der Waals surface area contributed by atoms with E-state index in [9.17, 15) is 0 Å². The van der Waals surface area contributed by atoms with Crippen LogP contribution in [0.3, 0.4) is 0 Å². The minimum atomic E-state index is 0.630. The highest BCUT2D eigenvalue weighted by molar-refractivity contribution is 9.10. The van der Waals surface area contributed by atoms with E-state index in [0.29, 0.717) is 5.92 Å². The fourth-order valence-electron chi connectivity index (χ4n) is 2.93. The summed E-state index contributed by atoms with van der Waals surface area (Å²) in [7, 11) is 4.22. The molecule has 1 aromatic heterocycles. The maximum absolute atomic E-state index is 4.55. The summed E-state index contributed by atoms with van der Waals surface area (Å²) in [6, 6.07) is 0. The highest BCUT2D eigenvalue weighted by atomic mass is 79.9. The van der Waals surface area contributed by atoms with Crippen LogP contribution in [-0.2, 0) is 6.54 Å². The molecule has 0 aliphatic carbocycles. The molecule has 0 aromatic carbocycles. The van der Waals surface area contributed by atoms with Crippen molar-refractivity contribution in [1.82, 2.24) is 20.0 Å². The average molecular weight is 329 g/mol. The van der Waals surface area contributed by atoms with Crippen LogP contribution in [0.1, 0.15) is 31.4 Å². The zero-order valence-electron chi connectivity index (χ0n) is 12.2. The van der Waals surface area contributed by atoms with Gasteiger partial charge in [-0.2, -0.15) is 5.10 Å². The number of nitrogens with zero attached hydrogens (tertiary/aromatic N) is 3. The van der Waals surface area contributed by atoms with E-state index in [1.807, 2.05) is 6.20 Å². The molecule has 1 saturated heterocycles. The van der Waals surface area contributed by atoms with E-state index in [-0.39, 0.29) is 0 Å². The lowest BCUT2D eigenvalue weighted by molar-refractivity contribution is 0.295. The Morgan fingerprint density at radius 2 is 2.32 bits per heavy atom. The average Bonchev–Trinajstić information content (AvgIpc) is 2.77. The van der Waals surface area contributed by atoms with Crippen LogP contribution in [-0.4, -0.2) is 48.4 Å². The third kappa shape index (κ3) is 3.58. The molecule has 2 atom stereocenters. The number of rotatable bonds is 5. The lowest BCUT2D eigenvalue weighted by Crippen LogP contribution is -2.36. The van der Waals surface area contributed by atoms with Gasteiger partial charge in [-0.25, -0.2) is 0 Å². The zero-order chi connectivity index (χ0) is 13.8. The van der Waals surface area contributed by atoms with E-state index in [4.69, 9.17) is 0 Å². The van der Waals surface area contributed by atoms with Gasteiger partial charge in [0.15, 0.2) is 0 Å². The molecule has 1 aliphatic rings. The molecular formula is C14H25BrN4. The van der Waals surface area contributed by atoms with Gasteiger partial charge in [0.25, 0.3) is 0 Å². The molecule has 1 aromatic rings. The van der Waals surface area contributed by atoms with E-state index in [0.717, 1.165) is 32.1 Å². The molecular weight excluding hydrogens is 304 g/mol. The van der Waals surface area contributed by atoms with Crippen LogP contribution >= 0.6 is 15.9 Å². The predicted octanol–water partition coefficient (Wildman–Crippen LogP) is 2.31. The molecule has 5 heteroatoms. The normalized spacial score (nSPS) is 24.1. The molecule has 2 heterocycles. The van der Waals surface area contributed by atoms with Crippen molar-refractivity contribution in [3.63, 3.8) is 0 Å². The van der Waals surface area contributed by atoms with Crippen LogP contribution in [0.15, 0.2) is 10.7 Å². The highest BCUT2D eigenvalue weighted by Crippen LogP contribution is 2.36. The third-order valence-electron chi connectivity index (χ3n) is 4.08. The summed E-state index contributed by atoms with van der Waals surface area (Å²) < 4.78 is 3.37. The molecule has 2 unspecified atom stereocenters. The van der Waals surface area contributed by atoms with Gasteiger partial charge >= 0.3 is 0 Å². The molecule has 2 rings (SSSR count). The van der Waals surface area contributed by atoms with E-state index in [1.165, 1.54) is 23.0 Å². The van der Waals surface area contributed by atoms with Gasteiger partial charge in [0.1, 0.15) is 0 Å². The largest absolute Gasteiger partial charge is 0.316 e. The first-order valence-electron chi connectivity index (χ1n) is 7.20. The van der Waals surface area contributed by atoms with Crippen LogP contribution < -0.4 is 5.32 Å². The summed E-state index contributed by atoms with van der Waals surface area (Å²) in [5.41, 5.74) is 1.40. The number of hydrogen-bond acceptors (Lipinski definition) is 3. The number of hydrogen-bond donors (Lipinski definition) is 1. The Bertz CT molecular complexity index is 402. The number of aromatic nitrogens is 2. The summed E-state index contributed by atoms with van der Waals surface area (Å²) in [6.45, 7) is 6.54. The summed E-state index contributed by atoms with van der Waals surface area (Å²) in [6.07, 6.45) is 4.40. The maximum atomic E-state index is 4.55. The fraction of sp³-hybridized carbons (Fsp3) is 0.786. The predicted molar refractivity (Wildman–Crippen MR) is 82.5 cm³/mol. The Kier molecular flexibility index (Phi) is 5.42. The maximum Gasteiger partial charge on any atom is 0.0635 e. The number of piperidine rings is 1. The molecule has 0 saturated carbocycles. The Labute approximate surface area is 124 Å². The van der Waals surface area contributed by atoms with Gasteiger partial charge in [-0.1, -0.05) is 13.3 Å². The Morgan fingerprint density at radius 3 is 3.00 bits per heavy atom. The first-order chi connectivity index (χ1) is 9.13. The standard InChI is InChI=1S/C14H25BrN4/c1-4-11-9-16-6-5-12(11)14-13(15)10-17-19(14)8-7-18(2)3/h10-12,16H,4-9H2,1-3H3. The van der Waals surface area contributed by atoms with Crippen molar-refractivity contribution < 1.29 is 0 Å². The van der Waals surface area contributed by atoms with Gasteiger partial charge < -0.3 is 10.2 Å². The Morgan fingerprint density at radius 1 is 1.53 bits per heavy atom. The lowest BCUT2D eigenvalue weighted by Gasteiger charge is -2.32. The van der Waals surface area contributed by atoms with Gasteiger partial charge in [-0.15, -0.1) is 0 Å². The van der Waals surface area contributed by atoms with Crippen molar-refractivity contribution in [2.24, 2.45) is 5.92 Å². The van der Waals surface area contributed by atoms with Gasteiger partial charge in [-0.3, -0.25) is 4.68 Å². The van der Waals surface area contributed by atoms with Crippen molar-refractivity contribution in [3.8, 4) is 0 Å². The molecule has 0 bridgehead atoms. The second-order valence-electron chi connectivity index (χ2n) is 5.67. The highest BCUT2D eigenvalue weighted by Gasteiger charge is 2.29. The minimum Gasteiger partial charge on any atom is -0.316 e. The van der Waals surface area contributed by atoms with Gasteiger partial charge in [0, 0.05) is 12.5 Å². The van der Waals surface area contributed by atoms with Crippen molar-refractivity contribution in [3.05, 3.63) is 16.4 Å². The van der Waals surface area contributed by atoms with E-state index in [2.05, 4.69) is 56.9 Å². The summed E-state index contributed by atoms with van der Waals surface area (Å²) in [5, 5.41) is 8.07. The number of halogens is 1. The Hall–Kier alpha value is -0.390. The van der Waals surface area contributed by atoms with Crippen LogP contribution in [0.2, 0.25) is 0 Å². The third-order valence-corrected chi connectivity index (χ3v) is 4.69. The van der Waals surface area contributed by atoms with Crippen molar-refractivity contribution in [2.75, 3.05) is 33.7 Å². The van der Waals surface area contributed by atoms with Gasteiger partial charge in [-0.05, 0) is 55.5 Å². The molecule has 0 radical (unpaired) electrons. The first kappa shape index (κ1) is 15.0.